The highest BCUT2D eigenvalue weighted by atomic mass is 19.2. The number of nitrogens with zero attached hydrogens (tertiary/aromatic N) is 1. The fraction of sp³-hybridized carbons (Fsp3) is 0.154. The van der Waals surface area contributed by atoms with Crippen molar-refractivity contribution in [3.05, 3.63) is 65.5 Å². The van der Waals surface area contributed by atoms with E-state index in [0.29, 0.717) is 12.0 Å². The number of rotatable bonds is 3. The number of aromatic nitrogens is 1. The molecule has 1 atom stereocenters. The monoisotopic (exact) mass is 234 g/mol. The summed E-state index contributed by atoms with van der Waals surface area (Å²) in [7, 11) is 0. The maximum atomic E-state index is 13.0. The molecule has 17 heavy (non-hydrogen) atoms. The normalized spacial score (nSPS) is 12.4. The molecule has 1 heterocycles. The molecule has 2 N–H and O–H groups in total. The second-order valence-electron chi connectivity index (χ2n) is 3.85. The van der Waals surface area contributed by atoms with Gasteiger partial charge in [0.2, 0.25) is 0 Å². The molecule has 1 aromatic heterocycles. The summed E-state index contributed by atoms with van der Waals surface area (Å²) in [6.07, 6.45) is 3.78. The fourth-order valence-electron chi connectivity index (χ4n) is 1.63. The number of benzene rings is 1. The van der Waals surface area contributed by atoms with E-state index in [-0.39, 0.29) is 6.04 Å². The van der Waals surface area contributed by atoms with Crippen molar-refractivity contribution in [2.45, 2.75) is 12.5 Å². The van der Waals surface area contributed by atoms with Crippen molar-refractivity contribution < 1.29 is 8.78 Å². The van der Waals surface area contributed by atoms with Gasteiger partial charge in [0.25, 0.3) is 0 Å². The van der Waals surface area contributed by atoms with E-state index in [4.69, 9.17) is 5.73 Å². The molecule has 2 rings (SSSR count). The van der Waals surface area contributed by atoms with E-state index in [9.17, 15) is 8.78 Å². The van der Waals surface area contributed by atoms with Gasteiger partial charge in [0, 0.05) is 18.4 Å². The standard InChI is InChI=1S/C13H12F2N2/c14-11-4-3-9(6-12(11)15)7-13(16)10-2-1-5-17-8-10/h1-6,8,13H,7,16H2. The zero-order valence-corrected chi connectivity index (χ0v) is 9.11. The Labute approximate surface area is 98.1 Å². The van der Waals surface area contributed by atoms with Crippen LogP contribution in [0, 0.1) is 11.6 Å². The highest BCUT2D eigenvalue weighted by Crippen LogP contribution is 2.16. The Balaban J connectivity index is 2.13. The highest BCUT2D eigenvalue weighted by molar-refractivity contribution is 5.22. The summed E-state index contributed by atoms with van der Waals surface area (Å²) in [4.78, 5) is 3.96. The van der Waals surface area contributed by atoms with E-state index in [0.717, 1.165) is 11.6 Å². The third-order valence-electron chi connectivity index (χ3n) is 2.55. The molecule has 1 unspecified atom stereocenters. The summed E-state index contributed by atoms with van der Waals surface area (Å²) in [6, 6.07) is 7.20. The predicted molar refractivity (Wildman–Crippen MR) is 61.2 cm³/mol. The van der Waals surface area contributed by atoms with Gasteiger partial charge in [-0.3, -0.25) is 4.98 Å². The molecular weight excluding hydrogens is 222 g/mol. The summed E-state index contributed by atoms with van der Waals surface area (Å²) in [5.74, 6) is -1.69. The topological polar surface area (TPSA) is 38.9 Å². The van der Waals surface area contributed by atoms with Gasteiger partial charge in [0.1, 0.15) is 0 Å². The molecular formula is C13H12F2N2. The Kier molecular flexibility index (Phi) is 3.44. The van der Waals surface area contributed by atoms with Gasteiger partial charge in [0.05, 0.1) is 0 Å². The lowest BCUT2D eigenvalue weighted by Crippen LogP contribution is -2.13. The first-order chi connectivity index (χ1) is 8.16. The molecule has 0 amide bonds. The molecule has 0 spiro atoms. The quantitative estimate of drug-likeness (QED) is 0.886. The van der Waals surface area contributed by atoms with E-state index in [1.54, 1.807) is 18.5 Å². The van der Waals surface area contributed by atoms with Crippen LogP contribution in [0.1, 0.15) is 17.2 Å². The van der Waals surface area contributed by atoms with Crippen molar-refractivity contribution >= 4 is 0 Å². The van der Waals surface area contributed by atoms with Crippen LogP contribution >= 0.6 is 0 Å². The molecule has 0 aliphatic heterocycles. The second kappa shape index (κ2) is 5.01. The summed E-state index contributed by atoms with van der Waals surface area (Å²) >= 11 is 0. The highest BCUT2D eigenvalue weighted by Gasteiger charge is 2.09. The van der Waals surface area contributed by atoms with Gasteiger partial charge in [-0.15, -0.1) is 0 Å². The van der Waals surface area contributed by atoms with Crippen molar-refractivity contribution in [2.24, 2.45) is 5.73 Å². The largest absolute Gasteiger partial charge is 0.324 e. The molecule has 0 saturated heterocycles. The van der Waals surface area contributed by atoms with Crippen LogP contribution in [0.5, 0.6) is 0 Å². The predicted octanol–water partition coefficient (Wildman–Crippen LogP) is 2.60. The Bertz CT molecular complexity index is 500. The zero-order chi connectivity index (χ0) is 12.3. The van der Waals surface area contributed by atoms with Gasteiger partial charge in [-0.05, 0) is 35.7 Å². The average Bonchev–Trinajstić information content (AvgIpc) is 2.35. The number of nitrogens with two attached hydrogens (primary N) is 1. The van der Waals surface area contributed by atoms with Crippen LogP contribution < -0.4 is 5.73 Å². The first-order valence-electron chi connectivity index (χ1n) is 5.26. The summed E-state index contributed by atoms with van der Waals surface area (Å²) in [6.45, 7) is 0. The molecule has 88 valence electrons. The van der Waals surface area contributed by atoms with E-state index in [1.807, 2.05) is 6.07 Å². The number of halogens is 2. The third-order valence-corrected chi connectivity index (χ3v) is 2.55. The maximum Gasteiger partial charge on any atom is 0.159 e. The SMILES string of the molecule is NC(Cc1ccc(F)c(F)c1)c1cccnc1. The van der Waals surface area contributed by atoms with Gasteiger partial charge in [-0.1, -0.05) is 12.1 Å². The molecule has 1 aromatic carbocycles. The van der Waals surface area contributed by atoms with Crippen LogP contribution in [-0.4, -0.2) is 4.98 Å². The van der Waals surface area contributed by atoms with Gasteiger partial charge in [-0.2, -0.15) is 0 Å². The minimum absolute atomic E-state index is 0.270. The van der Waals surface area contributed by atoms with E-state index >= 15 is 0 Å². The first kappa shape index (κ1) is 11.7. The van der Waals surface area contributed by atoms with Crippen molar-refractivity contribution in [1.29, 1.82) is 0 Å². The summed E-state index contributed by atoms with van der Waals surface area (Å²) in [5, 5.41) is 0. The van der Waals surface area contributed by atoms with E-state index in [2.05, 4.69) is 4.98 Å². The Morgan fingerprint density at radius 2 is 2.00 bits per heavy atom. The average molecular weight is 234 g/mol. The number of pyridine rings is 1. The van der Waals surface area contributed by atoms with Crippen LogP contribution in [0.15, 0.2) is 42.7 Å². The van der Waals surface area contributed by atoms with E-state index in [1.165, 1.54) is 12.1 Å². The minimum atomic E-state index is -0.846. The third kappa shape index (κ3) is 2.85. The maximum absolute atomic E-state index is 13.0. The van der Waals surface area contributed by atoms with Gasteiger partial charge in [0.15, 0.2) is 11.6 Å². The molecule has 0 fully saturated rings. The minimum Gasteiger partial charge on any atom is -0.324 e. The van der Waals surface area contributed by atoms with Gasteiger partial charge >= 0.3 is 0 Å². The van der Waals surface area contributed by atoms with Gasteiger partial charge in [-0.25, -0.2) is 8.78 Å². The lowest BCUT2D eigenvalue weighted by molar-refractivity contribution is 0.506. The van der Waals surface area contributed by atoms with Crippen LogP contribution in [0.4, 0.5) is 8.78 Å². The van der Waals surface area contributed by atoms with Crippen molar-refractivity contribution in [3.63, 3.8) is 0 Å². The number of hydrogen-bond acceptors (Lipinski definition) is 2. The molecule has 0 aliphatic carbocycles. The molecule has 2 nitrogen and oxygen atoms in total. The lowest BCUT2D eigenvalue weighted by Gasteiger charge is -2.11. The Morgan fingerprint density at radius 1 is 1.18 bits per heavy atom. The smallest absolute Gasteiger partial charge is 0.159 e. The molecule has 0 bridgehead atoms. The van der Waals surface area contributed by atoms with Crippen molar-refractivity contribution in [2.75, 3.05) is 0 Å². The second-order valence-corrected chi connectivity index (χ2v) is 3.85. The zero-order valence-electron chi connectivity index (χ0n) is 9.11. The molecule has 0 radical (unpaired) electrons. The van der Waals surface area contributed by atoms with Crippen molar-refractivity contribution in [3.8, 4) is 0 Å². The molecule has 2 aromatic rings. The first-order valence-corrected chi connectivity index (χ1v) is 5.26. The Morgan fingerprint density at radius 3 is 2.65 bits per heavy atom. The molecule has 0 saturated carbocycles. The van der Waals surface area contributed by atoms with Crippen LogP contribution in [0.3, 0.4) is 0 Å². The lowest BCUT2D eigenvalue weighted by atomic mass is 10.0. The summed E-state index contributed by atoms with van der Waals surface area (Å²) in [5.41, 5.74) is 7.50. The van der Waals surface area contributed by atoms with E-state index < -0.39 is 11.6 Å². The van der Waals surface area contributed by atoms with Crippen molar-refractivity contribution in [1.82, 2.24) is 4.98 Å². The molecule has 0 aliphatic rings. The summed E-state index contributed by atoms with van der Waals surface area (Å²) < 4.78 is 25.7. The number of hydrogen-bond donors (Lipinski definition) is 1. The van der Waals surface area contributed by atoms with Crippen LogP contribution in [-0.2, 0) is 6.42 Å². The Hall–Kier alpha value is -1.81. The fourth-order valence-corrected chi connectivity index (χ4v) is 1.63. The molecule has 4 heteroatoms. The van der Waals surface area contributed by atoms with Gasteiger partial charge < -0.3 is 5.73 Å². The van der Waals surface area contributed by atoms with Crippen LogP contribution in [0.2, 0.25) is 0 Å². The van der Waals surface area contributed by atoms with Crippen LogP contribution in [0.25, 0.3) is 0 Å².